The van der Waals surface area contributed by atoms with Gasteiger partial charge < -0.3 is 5.32 Å². The average Bonchev–Trinajstić information content (AvgIpc) is 2.20. The van der Waals surface area contributed by atoms with E-state index < -0.39 is 0 Å². The van der Waals surface area contributed by atoms with Crippen molar-refractivity contribution in [3.63, 3.8) is 0 Å². The van der Waals surface area contributed by atoms with Crippen LogP contribution in [0.5, 0.6) is 0 Å². The van der Waals surface area contributed by atoms with E-state index in [1.165, 1.54) is 6.07 Å². The van der Waals surface area contributed by atoms with Crippen molar-refractivity contribution in [2.75, 3.05) is 13.1 Å². The van der Waals surface area contributed by atoms with E-state index in [0.29, 0.717) is 5.56 Å². The van der Waals surface area contributed by atoms with Crippen LogP contribution in [0.15, 0.2) is 28.2 Å². The van der Waals surface area contributed by atoms with Crippen molar-refractivity contribution in [1.82, 2.24) is 5.32 Å². The molecule has 0 aromatic heterocycles. The maximum atomic E-state index is 13.4. The quantitative estimate of drug-likeness (QED) is 0.883. The standard InChI is InChI=1S/C12H15BrFN/c1-3-15-8-9(2)6-10-7-11(13)4-5-12(10)14/h4-7,15H,3,8H2,1-2H3. The van der Waals surface area contributed by atoms with Crippen molar-refractivity contribution in [3.8, 4) is 0 Å². The molecule has 0 heterocycles. The molecule has 15 heavy (non-hydrogen) atoms. The summed E-state index contributed by atoms with van der Waals surface area (Å²) in [4.78, 5) is 0. The van der Waals surface area contributed by atoms with Crippen molar-refractivity contribution in [1.29, 1.82) is 0 Å². The zero-order valence-corrected chi connectivity index (χ0v) is 10.6. The molecule has 0 atom stereocenters. The maximum absolute atomic E-state index is 13.4. The van der Waals surface area contributed by atoms with Crippen molar-refractivity contribution in [2.24, 2.45) is 0 Å². The Labute approximate surface area is 98.5 Å². The molecule has 1 rings (SSSR count). The van der Waals surface area contributed by atoms with Crippen LogP contribution in [0.1, 0.15) is 19.4 Å². The van der Waals surface area contributed by atoms with E-state index in [1.807, 2.05) is 19.9 Å². The minimum Gasteiger partial charge on any atom is -0.313 e. The van der Waals surface area contributed by atoms with Crippen LogP contribution in [0.4, 0.5) is 4.39 Å². The molecule has 1 N–H and O–H groups in total. The third kappa shape index (κ3) is 4.14. The highest BCUT2D eigenvalue weighted by Crippen LogP contribution is 2.17. The van der Waals surface area contributed by atoms with Gasteiger partial charge in [-0.2, -0.15) is 0 Å². The van der Waals surface area contributed by atoms with E-state index in [2.05, 4.69) is 21.2 Å². The highest BCUT2D eigenvalue weighted by molar-refractivity contribution is 9.10. The largest absolute Gasteiger partial charge is 0.313 e. The minimum absolute atomic E-state index is 0.186. The monoisotopic (exact) mass is 271 g/mol. The number of rotatable bonds is 4. The summed E-state index contributed by atoms with van der Waals surface area (Å²) in [7, 11) is 0. The van der Waals surface area contributed by atoms with Gasteiger partial charge in [0.2, 0.25) is 0 Å². The first-order valence-electron chi connectivity index (χ1n) is 4.96. The van der Waals surface area contributed by atoms with Gasteiger partial charge in [0.1, 0.15) is 5.82 Å². The Morgan fingerprint density at radius 2 is 2.27 bits per heavy atom. The van der Waals surface area contributed by atoms with Crippen molar-refractivity contribution >= 4 is 22.0 Å². The minimum atomic E-state index is -0.186. The molecule has 82 valence electrons. The lowest BCUT2D eigenvalue weighted by molar-refractivity contribution is 0.624. The fourth-order valence-corrected chi connectivity index (χ4v) is 1.64. The number of benzene rings is 1. The lowest BCUT2D eigenvalue weighted by Gasteiger charge is -2.03. The summed E-state index contributed by atoms with van der Waals surface area (Å²) in [6.45, 7) is 5.75. The normalized spacial score (nSPS) is 11.9. The van der Waals surface area contributed by atoms with E-state index >= 15 is 0 Å². The first-order valence-corrected chi connectivity index (χ1v) is 5.75. The summed E-state index contributed by atoms with van der Waals surface area (Å²) in [5.74, 6) is -0.186. The summed E-state index contributed by atoms with van der Waals surface area (Å²) in [6.07, 6.45) is 1.86. The van der Waals surface area contributed by atoms with Crippen LogP contribution in [0.3, 0.4) is 0 Å². The zero-order valence-electron chi connectivity index (χ0n) is 8.98. The summed E-state index contributed by atoms with van der Waals surface area (Å²) >= 11 is 3.33. The number of hydrogen-bond donors (Lipinski definition) is 1. The van der Waals surface area contributed by atoms with Gasteiger partial charge in [-0.15, -0.1) is 0 Å². The Morgan fingerprint density at radius 1 is 1.53 bits per heavy atom. The van der Waals surface area contributed by atoms with Crippen LogP contribution < -0.4 is 5.32 Å². The van der Waals surface area contributed by atoms with Gasteiger partial charge in [0.05, 0.1) is 0 Å². The fraction of sp³-hybridized carbons (Fsp3) is 0.333. The number of halogens is 2. The van der Waals surface area contributed by atoms with Gasteiger partial charge in [-0.25, -0.2) is 4.39 Å². The Kier molecular flexibility index (Phi) is 4.99. The van der Waals surface area contributed by atoms with Crippen LogP contribution >= 0.6 is 15.9 Å². The lowest BCUT2D eigenvalue weighted by atomic mass is 10.1. The van der Waals surface area contributed by atoms with Crippen LogP contribution in [-0.4, -0.2) is 13.1 Å². The molecule has 0 aliphatic heterocycles. The van der Waals surface area contributed by atoms with E-state index in [1.54, 1.807) is 12.1 Å². The third-order valence-corrected chi connectivity index (χ3v) is 2.51. The lowest BCUT2D eigenvalue weighted by Crippen LogP contribution is -2.14. The Bertz CT molecular complexity index is 361. The Morgan fingerprint density at radius 3 is 2.93 bits per heavy atom. The Balaban J connectivity index is 2.82. The maximum Gasteiger partial charge on any atom is 0.130 e. The molecule has 0 aliphatic carbocycles. The van der Waals surface area contributed by atoms with Gasteiger partial charge >= 0.3 is 0 Å². The predicted molar refractivity (Wildman–Crippen MR) is 66.3 cm³/mol. The van der Waals surface area contributed by atoms with Gasteiger partial charge in [0, 0.05) is 16.6 Å². The van der Waals surface area contributed by atoms with Gasteiger partial charge in [-0.3, -0.25) is 0 Å². The van der Waals surface area contributed by atoms with Crippen LogP contribution in [0.2, 0.25) is 0 Å². The molecule has 1 aromatic rings. The highest BCUT2D eigenvalue weighted by atomic mass is 79.9. The molecule has 0 fully saturated rings. The second kappa shape index (κ2) is 6.03. The van der Waals surface area contributed by atoms with Crippen LogP contribution in [0, 0.1) is 5.82 Å². The number of likely N-dealkylation sites (N-methyl/N-ethyl adjacent to an activating group) is 1. The summed E-state index contributed by atoms with van der Waals surface area (Å²) in [6, 6.07) is 4.95. The second-order valence-corrected chi connectivity index (χ2v) is 4.35. The number of hydrogen-bond acceptors (Lipinski definition) is 1. The van der Waals surface area contributed by atoms with Gasteiger partial charge in [-0.1, -0.05) is 34.5 Å². The molecule has 0 saturated heterocycles. The smallest absolute Gasteiger partial charge is 0.130 e. The van der Waals surface area contributed by atoms with Gasteiger partial charge in [-0.05, 0) is 31.7 Å². The molecule has 1 nitrogen and oxygen atoms in total. The van der Waals surface area contributed by atoms with E-state index in [4.69, 9.17) is 0 Å². The number of nitrogens with one attached hydrogen (secondary N) is 1. The first-order chi connectivity index (χ1) is 7.13. The van der Waals surface area contributed by atoms with Crippen LogP contribution in [0.25, 0.3) is 6.08 Å². The Hall–Kier alpha value is -0.670. The fourth-order valence-electron chi connectivity index (χ4n) is 1.26. The van der Waals surface area contributed by atoms with Crippen molar-refractivity contribution < 1.29 is 4.39 Å². The van der Waals surface area contributed by atoms with E-state index in [-0.39, 0.29) is 5.82 Å². The molecule has 0 unspecified atom stereocenters. The molecular formula is C12H15BrFN. The van der Waals surface area contributed by atoms with E-state index in [9.17, 15) is 4.39 Å². The summed E-state index contributed by atoms with van der Waals surface area (Å²) in [5, 5.41) is 3.20. The molecule has 3 heteroatoms. The van der Waals surface area contributed by atoms with E-state index in [0.717, 1.165) is 23.1 Å². The average molecular weight is 272 g/mol. The summed E-state index contributed by atoms with van der Waals surface area (Å²) < 4.78 is 14.3. The van der Waals surface area contributed by atoms with Crippen LogP contribution in [-0.2, 0) is 0 Å². The molecule has 0 saturated carbocycles. The molecule has 0 spiro atoms. The second-order valence-electron chi connectivity index (χ2n) is 3.44. The highest BCUT2D eigenvalue weighted by Gasteiger charge is 2.00. The molecule has 1 aromatic carbocycles. The zero-order chi connectivity index (χ0) is 11.3. The van der Waals surface area contributed by atoms with Crippen molar-refractivity contribution in [2.45, 2.75) is 13.8 Å². The first kappa shape index (κ1) is 12.4. The molecule has 0 bridgehead atoms. The third-order valence-electron chi connectivity index (χ3n) is 2.01. The molecule has 0 radical (unpaired) electrons. The molecule has 0 amide bonds. The van der Waals surface area contributed by atoms with Gasteiger partial charge in [0.15, 0.2) is 0 Å². The predicted octanol–water partition coefficient (Wildman–Crippen LogP) is 3.60. The topological polar surface area (TPSA) is 12.0 Å². The van der Waals surface area contributed by atoms with Crippen molar-refractivity contribution in [3.05, 3.63) is 39.6 Å². The van der Waals surface area contributed by atoms with Gasteiger partial charge in [0.25, 0.3) is 0 Å². The summed E-state index contributed by atoms with van der Waals surface area (Å²) in [5.41, 5.74) is 1.74. The molecule has 0 aliphatic rings. The SMILES string of the molecule is CCNCC(C)=Cc1cc(Br)ccc1F. The molecular weight excluding hydrogens is 257 g/mol.